The van der Waals surface area contributed by atoms with Crippen LogP contribution in [0.25, 0.3) is 16.8 Å². The van der Waals surface area contributed by atoms with Gasteiger partial charge in [0.1, 0.15) is 11.6 Å². The van der Waals surface area contributed by atoms with Crippen molar-refractivity contribution >= 4 is 11.5 Å². The van der Waals surface area contributed by atoms with Crippen LogP contribution in [0.15, 0.2) is 36.9 Å². The monoisotopic (exact) mass is 341 g/mol. The molecule has 1 N–H and O–H groups in total. The van der Waals surface area contributed by atoms with E-state index < -0.39 is 0 Å². The van der Waals surface area contributed by atoms with Gasteiger partial charge in [-0.1, -0.05) is 0 Å². The molecule has 7 heteroatoms. The fourth-order valence-corrected chi connectivity index (χ4v) is 2.46. The highest BCUT2D eigenvalue weighted by atomic mass is 16.5. The van der Waals surface area contributed by atoms with E-state index in [9.17, 15) is 0 Å². The highest BCUT2D eigenvalue weighted by Crippen LogP contribution is 2.31. The van der Waals surface area contributed by atoms with Crippen LogP contribution in [-0.2, 0) is 4.74 Å². The summed E-state index contributed by atoms with van der Waals surface area (Å²) in [6, 6.07) is 3.79. The number of pyridine rings is 1. The minimum absolute atomic E-state index is 0.143. The van der Waals surface area contributed by atoms with E-state index in [1.54, 1.807) is 30.2 Å². The molecular weight excluding hydrogens is 318 g/mol. The summed E-state index contributed by atoms with van der Waals surface area (Å²) in [5, 5.41) is 7.65. The molecule has 0 amide bonds. The Morgan fingerprint density at radius 1 is 1.16 bits per heavy atom. The maximum absolute atomic E-state index is 5.72. The number of hydrogen-bond donors (Lipinski definition) is 1. The molecule has 3 aromatic rings. The van der Waals surface area contributed by atoms with Crippen LogP contribution in [0.4, 0.5) is 5.82 Å². The Hall–Kier alpha value is -2.67. The maximum atomic E-state index is 5.72. The number of nitrogens with one attached hydrogen (secondary N) is 1. The van der Waals surface area contributed by atoms with E-state index in [1.165, 1.54) is 0 Å². The number of nitrogens with zero attached hydrogens (tertiary/aromatic N) is 4. The molecule has 3 aromatic heterocycles. The highest BCUT2D eigenvalue weighted by molar-refractivity contribution is 5.81. The molecule has 0 aliphatic rings. The van der Waals surface area contributed by atoms with Crippen molar-refractivity contribution in [3.05, 3.63) is 36.9 Å². The second-order valence-electron chi connectivity index (χ2n) is 6.60. The first-order valence-electron chi connectivity index (χ1n) is 8.18. The van der Waals surface area contributed by atoms with E-state index in [4.69, 9.17) is 9.47 Å². The third-order valence-corrected chi connectivity index (χ3v) is 3.61. The van der Waals surface area contributed by atoms with Crippen molar-refractivity contribution in [2.45, 2.75) is 26.4 Å². The Bertz CT molecular complexity index is 854. The van der Waals surface area contributed by atoms with Gasteiger partial charge in [0.2, 0.25) is 0 Å². The van der Waals surface area contributed by atoms with Crippen LogP contribution < -0.4 is 10.1 Å². The standard InChI is InChI=1S/C18H23N5O2/c1-18(2,3)25-10-8-20-16-6-9-23-17(22-16)14(11-21-23)13-5-7-19-12-15(13)24-4/h5-7,9,11-12H,8,10H2,1-4H3,(H,20,22). The zero-order chi connectivity index (χ0) is 17.9. The smallest absolute Gasteiger partial charge is 0.165 e. The summed E-state index contributed by atoms with van der Waals surface area (Å²) in [5.74, 6) is 1.47. The molecule has 0 aliphatic carbocycles. The van der Waals surface area contributed by atoms with E-state index in [2.05, 4.69) is 20.4 Å². The van der Waals surface area contributed by atoms with E-state index in [1.807, 2.05) is 39.1 Å². The molecule has 0 radical (unpaired) electrons. The SMILES string of the molecule is COc1cnccc1-c1cnn2ccc(NCCOC(C)(C)C)nc12. The second-order valence-corrected chi connectivity index (χ2v) is 6.60. The summed E-state index contributed by atoms with van der Waals surface area (Å²) in [5.41, 5.74) is 2.42. The Balaban J connectivity index is 1.82. The Kier molecular flexibility index (Phi) is 4.85. The average Bonchev–Trinajstić information content (AvgIpc) is 3.01. The van der Waals surface area contributed by atoms with Crippen LogP contribution in [0.5, 0.6) is 5.75 Å². The fourth-order valence-electron chi connectivity index (χ4n) is 2.46. The highest BCUT2D eigenvalue weighted by Gasteiger charge is 2.13. The lowest BCUT2D eigenvalue weighted by Crippen LogP contribution is -2.23. The van der Waals surface area contributed by atoms with Crippen LogP contribution >= 0.6 is 0 Å². The van der Waals surface area contributed by atoms with Gasteiger partial charge in [0.25, 0.3) is 0 Å². The molecule has 25 heavy (non-hydrogen) atoms. The normalized spacial score (nSPS) is 11.7. The summed E-state index contributed by atoms with van der Waals surface area (Å²) in [6.07, 6.45) is 7.08. The van der Waals surface area contributed by atoms with Gasteiger partial charge in [-0.05, 0) is 32.9 Å². The summed E-state index contributed by atoms with van der Waals surface area (Å²) >= 11 is 0. The van der Waals surface area contributed by atoms with Crippen molar-refractivity contribution in [3.63, 3.8) is 0 Å². The molecule has 0 bridgehead atoms. The van der Waals surface area contributed by atoms with Crippen molar-refractivity contribution in [3.8, 4) is 16.9 Å². The maximum Gasteiger partial charge on any atom is 0.165 e. The quantitative estimate of drug-likeness (QED) is 0.695. The molecular formula is C18H23N5O2. The number of anilines is 1. The Labute approximate surface area is 147 Å². The predicted octanol–water partition coefficient (Wildman–Crippen LogP) is 3.03. The topological polar surface area (TPSA) is 73.6 Å². The van der Waals surface area contributed by atoms with Crippen molar-refractivity contribution in [2.24, 2.45) is 0 Å². The van der Waals surface area contributed by atoms with Crippen molar-refractivity contribution in [1.29, 1.82) is 0 Å². The third-order valence-electron chi connectivity index (χ3n) is 3.61. The lowest BCUT2D eigenvalue weighted by Gasteiger charge is -2.19. The third kappa shape index (κ3) is 4.06. The largest absolute Gasteiger partial charge is 0.494 e. The molecule has 0 aliphatic heterocycles. The van der Waals surface area contributed by atoms with Gasteiger partial charge in [-0.3, -0.25) is 4.98 Å². The number of ether oxygens (including phenoxy) is 2. The van der Waals surface area contributed by atoms with Gasteiger partial charge in [0, 0.05) is 24.5 Å². The van der Waals surface area contributed by atoms with Crippen LogP contribution in [0.2, 0.25) is 0 Å². The molecule has 7 nitrogen and oxygen atoms in total. The fraction of sp³-hybridized carbons (Fsp3) is 0.389. The first-order chi connectivity index (χ1) is 12.0. The molecule has 3 heterocycles. The van der Waals surface area contributed by atoms with E-state index in [0.29, 0.717) is 18.9 Å². The van der Waals surface area contributed by atoms with Crippen molar-refractivity contribution < 1.29 is 9.47 Å². The molecule has 0 atom stereocenters. The van der Waals surface area contributed by atoms with Gasteiger partial charge in [-0.25, -0.2) is 9.50 Å². The summed E-state index contributed by atoms with van der Waals surface area (Å²) in [4.78, 5) is 8.77. The zero-order valence-corrected chi connectivity index (χ0v) is 15.0. The number of rotatable bonds is 6. The molecule has 0 unspecified atom stereocenters. The summed E-state index contributed by atoms with van der Waals surface area (Å²) in [7, 11) is 1.63. The first-order valence-corrected chi connectivity index (χ1v) is 8.18. The van der Waals surface area contributed by atoms with Crippen LogP contribution in [-0.4, -0.2) is 45.4 Å². The van der Waals surface area contributed by atoms with Gasteiger partial charge < -0.3 is 14.8 Å². The molecule has 0 saturated heterocycles. The zero-order valence-electron chi connectivity index (χ0n) is 15.0. The lowest BCUT2D eigenvalue weighted by molar-refractivity contribution is 0.00331. The molecule has 0 aromatic carbocycles. The Morgan fingerprint density at radius 3 is 2.76 bits per heavy atom. The van der Waals surface area contributed by atoms with Gasteiger partial charge in [0.05, 0.1) is 37.3 Å². The van der Waals surface area contributed by atoms with Gasteiger partial charge in [-0.15, -0.1) is 0 Å². The van der Waals surface area contributed by atoms with Gasteiger partial charge in [0.15, 0.2) is 5.65 Å². The van der Waals surface area contributed by atoms with E-state index in [-0.39, 0.29) is 5.60 Å². The van der Waals surface area contributed by atoms with Crippen LogP contribution in [0.1, 0.15) is 20.8 Å². The van der Waals surface area contributed by atoms with Crippen molar-refractivity contribution in [1.82, 2.24) is 19.6 Å². The summed E-state index contributed by atoms with van der Waals surface area (Å²) in [6.45, 7) is 7.41. The Morgan fingerprint density at radius 2 is 2.00 bits per heavy atom. The number of fused-ring (bicyclic) bond motifs is 1. The van der Waals surface area contributed by atoms with Gasteiger partial charge in [-0.2, -0.15) is 5.10 Å². The number of aromatic nitrogens is 4. The van der Waals surface area contributed by atoms with E-state index in [0.717, 1.165) is 22.6 Å². The molecule has 0 saturated carbocycles. The van der Waals surface area contributed by atoms with E-state index >= 15 is 0 Å². The van der Waals surface area contributed by atoms with Gasteiger partial charge >= 0.3 is 0 Å². The predicted molar refractivity (Wildman–Crippen MR) is 97.0 cm³/mol. The molecule has 0 spiro atoms. The second kappa shape index (κ2) is 7.06. The lowest BCUT2D eigenvalue weighted by atomic mass is 10.1. The van der Waals surface area contributed by atoms with Crippen LogP contribution in [0.3, 0.4) is 0 Å². The molecule has 132 valence electrons. The van der Waals surface area contributed by atoms with Crippen LogP contribution in [0, 0.1) is 0 Å². The first kappa shape index (κ1) is 17.2. The summed E-state index contributed by atoms with van der Waals surface area (Å²) < 4.78 is 12.9. The number of hydrogen-bond acceptors (Lipinski definition) is 6. The molecule has 0 fully saturated rings. The number of methoxy groups -OCH3 is 1. The minimum Gasteiger partial charge on any atom is -0.494 e. The average molecular weight is 341 g/mol. The minimum atomic E-state index is -0.143. The van der Waals surface area contributed by atoms with Crippen molar-refractivity contribution in [2.75, 3.05) is 25.6 Å². The molecule has 3 rings (SSSR count).